The molecule has 2 rings (SSSR count). The van der Waals surface area contributed by atoms with E-state index in [4.69, 9.17) is 9.47 Å². The van der Waals surface area contributed by atoms with Gasteiger partial charge in [-0.25, -0.2) is 0 Å². The van der Waals surface area contributed by atoms with Crippen molar-refractivity contribution < 1.29 is 14.3 Å². The SMILES string of the molecule is CC[C@H](Oc1cccc(C)c1C)C(=O)N[C@H](C)c1ccccc1OC. The number of nitrogens with one attached hydrogen (secondary N) is 1. The molecule has 0 aliphatic heterocycles. The molecule has 0 fully saturated rings. The Morgan fingerprint density at radius 1 is 1.08 bits per heavy atom. The van der Waals surface area contributed by atoms with Crippen LogP contribution in [0.3, 0.4) is 0 Å². The number of benzene rings is 2. The van der Waals surface area contributed by atoms with Crippen molar-refractivity contribution in [2.24, 2.45) is 0 Å². The summed E-state index contributed by atoms with van der Waals surface area (Å²) in [5.74, 6) is 1.40. The van der Waals surface area contributed by atoms with Gasteiger partial charge in [0.1, 0.15) is 11.5 Å². The molecule has 0 aliphatic rings. The molecule has 0 heterocycles. The largest absolute Gasteiger partial charge is 0.496 e. The Balaban J connectivity index is 2.10. The van der Waals surface area contributed by atoms with Crippen molar-refractivity contribution in [3.05, 3.63) is 59.2 Å². The van der Waals surface area contributed by atoms with E-state index in [0.29, 0.717) is 6.42 Å². The molecular formula is C21H27NO3. The average molecular weight is 341 g/mol. The zero-order chi connectivity index (χ0) is 18.4. The normalized spacial score (nSPS) is 13.0. The smallest absolute Gasteiger partial charge is 0.261 e. The van der Waals surface area contributed by atoms with Crippen LogP contribution in [0.4, 0.5) is 0 Å². The van der Waals surface area contributed by atoms with Gasteiger partial charge >= 0.3 is 0 Å². The van der Waals surface area contributed by atoms with Crippen molar-refractivity contribution in [2.75, 3.05) is 7.11 Å². The maximum absolute atomic E-state index is 12.7. The zero-order valence-corrected chi connectivity index (χ0v) is 15.6. The minimum absolute atomic E-state index is 0.123. The zero-order valence-electron chi connectivity index (χ0n) is 15.6. The molecule has 4 nitrogen and oxygen atoms in total. The van der Waals surface area contributed by atoms with Crippen LogP contribution in [0.2, 0.25) is 0 Å². The monoisotopic (exact) mass is 341 g/mol. The highest BCUT2D eigenvalue weighted by Gasteiger charge is 2.22. The molecule has 0 saturated carbocycles. The molecule has 1 N–H and O–H groups in total. The number of amides is 1. The van der Waals surface area contributed by atoms with Crippen molar-refractivity contribution in [3.8, 4) is 11.5 Å². The van der Waals surface area contributed by atoms with Crippen molar-refractivity contribution in [1.29, 1.82) is 0 Å². The fourth-order valence-corrected chi connectivity index (χ4v) is 2.74. The summed E-state index contributed by atoms with van der Waals surface area (Å²) in [6, 6.07) is 13.4. The molecule has 2 aromatic carbocycles. The first-order valence-electron chi connectivity index (χ1n) is 8.64. The number of methoxy groups -OCH3 is 1. The lowest BCUT2D eigenvalue weighted by molar-refractivity contribution is -0.128. The minimum Gasteiger partial charge on any atom is -0.496 e. The van der Waals surface area contributed by atoms with Crippen LogP contribution in [0.15, 0.2) is 42.5 Å². The van der Waals surface area contributed by atoms with Gasteiger partial charge in [0, 0.05) is 5.56 Å². The third kappa shape index (κ3) is 4.53. The second-order valence-electron chi connectivity index (χ2n) is 6.19. The standard InChI is InChI=1S/C21H27NO3/c1-6-18(25-19-13-9-10-14(2)15(19)3)21(23)22-16(4)17-11-7-8-12-20(17)24-5/h7-13,16,18H,6H2,1-5H3,(H,22,23)/t16-,18+/m1/s1. The molecule has 0 unspecified atom stereocenters. The summed E-state index contributed by atoms with van der Waals surface area (Å²) in [4.78, 5) is 12.7. The number of ether oxygens (including phenoxy) is 2. The Morgan fingerprint density at radius 2 is 1.76 bits per heavy atom. The van der Waals surface area contributed by atoms with E-state index in [1.165, 1.54) is 0 Å². The van der Waals surface area contributed by atoms with E-state index in [2.05, 4.69) is 5.32 Å². The second-order valence-corrected chi connectivity index (χ2v) is 6.19. The molecule has 0 aromatic heterocycles. The molecule has 2 aromatic rings. The van der Waals surface area contributed by atoms with Gasteiger partial charge in [-0.05, 0) is 50.5 Å². The summed E-state index contributed by atoms with van der Waals surface area (Å²) < 4.78 is 11.4. The predicted molar refractivity (Wildman–Crippen MR) is 100 cm³/mol. The third-order valence-electron chi connectivity index (χ3n) is 4.45. The molecule has 0 saturated heterocycles. The fourth-order valence-electron chi connectivity index (χ4n) is 2.74. The van der Waals surface area contributed by atoms with Gasteiger partial charge in [-0.2, -0.15) is 0 Å². The Bertz CT molecular complexity index is 727. The second kappa shape index (κ2) is 8.56. The van der Waals surface area contributed by atoms with E-state index in [9.17, 15) is 4.79 Å². The molecular weight excluding hydrogens is 314 g/mol. The Labute approximate surface area is 150 Å². The Kier molecular flexibility index (Phi) is 6.45. The quantitative estimate of drug-likeness (QED) is 0.814. The molecule has 1 amide bonds. The van der Waals surface area contributed by atoms with Gasteiger partial charge in [0.25, 0.3) is 5.91 Å². The number of hydrogen-bond acceptors (Lipinski definition) is 3. The van der Waals surface area contributed by atoms with E-state index in [1.807, 2.05) is 70.2 Å². The van der Waals surface area contributed by atoms with Crippen molar-refractivity contribution in [1.82, 2.24) is 5.32 Å². The Morgan fingerprint density at radius 3 is 2.44 bits per heavy atom. The molecule has 134 valence electrons. The summed E-state index contributed by atoms with van der Waals surface area (Å²) in [6.07, 6.45) is 0.0652. The molecule has 0 spiro atoms. The van der Waals surface area contributed by atoms with E-state index in [0.717, 1.165) is 28.2 Å². The highest BCUT2D eigenvalue weighted by Crippen LogP contribution is 2.25. The number of carbonyl (C=O) groups is 1. The first kappa shape index (κ1) is 18.8. The number of aryl methyl sites for hydroxylation is 1. The van der Waals surface area contributed by atoms with Crippen LogP contribution in [-0.4, -0.2) is 19.1 Å². The summed E-state index contributed by atoms with van der Waals surface area (Å²) in [5.41, 5.74) is 3.15. The average Bonchev–Trinajstić information content (AvgIpc) is 2.62. The lowest BCUT2D eigenvalue weighted by Crippen LogP contribution is -2.39. The Hall–Kier alpha value is -2.49. The van der Waals surface area contributed by atoms with Crippen molar-refractivity contribution in [3.63, 3.8) is 0 Å². The van der Waals surface area contributed by atoms with Gasteiger partial charge in [0.15, 0.2) is 6.10 Å². The van der Waals surface area contributed by atoms with Crippen LogP contribution in [-0.2, 0) is 4.79 Å². The van der Waals surface area contributed by atoms with Crippen molar-refractivity contribution in [2.45, 2.75) is 46.3 Å². The maximum atomic E-state index is 12.7. The number of carbonyl (C=O) groups excluding carboxylic acids is 1. The minimum atomic E-state index is -0.530. The summed E-state index contributed by atoms with van der Waals surface area (Å²) in [7, 11) is 1.63. The van der Waals surface area contributed by atoms with Crippen LogP contribution in [0.1, 0.15) is 43.0 Å². The van der Waals surface area contributed by atoms with E-state index >= 15 is 0 Å². The lowest BCUT2D eigenvalue weighted by Gasteiger charge is -2.22. The first-order valence-corrected chi connectivity index (χ1v) is 8.64. The molecule has 0 aliphatic carbocycles. The van der Waals surface area contributed by atoms with Gasteiger partial charge in [-0.15, -0.1) is 0 Å². The van der Waals surface area contributed by atoms with E-state index < -0.39 is 6.10 Å². The van der Waals surface area contributed by atoms with E-state index in [1.54, 1.807) is 7.11 Å². The number of rotatable bonds is 7. The molecule has 25 heavy (non-hydrogen) atoms. The molecule has 0 radical (unpaired) electrons. The summed E-state index contributed by atoms with van der Waals surface area (Å²) in [6.45, 7) is 7.93. The fraction of sp³-hybridized carbons (Fsp3) is 0.381. The maximum Gasteiger partial charge on any atom is 0.261 e. The highest BCUT2D eigenvalue weighted by atomic mass is 16.5. The van der Waals surface area contributed by atoms with Crippen molar-refractivity contribution >= 4 is 5.91 Å². The van der Waals surface area contributed by atoms with Crippen LogP contribution in [0.5, 0.6) is 11.5 Å². The van der Waals surface area contributed by atoms with Gasteiger partial charge in [-0.1, -0.05) is 37.3 Å². The third-order valence-corrected chi connectivity index (χ3v) is 4.45. The van der Waals surface area contributed by atoms with Gasteiger partial charge in [0.2, 0.25) is 0 Å². The lowest BCUT2D eigenvalue weighted by atomic mass is 10.1. The van der Waals surface area contributed by atoms with E-state index in [-0.39, 0.29) is 11.9 Å². The predicted octanol–water partition coefficient (Wildman–Crippen LogP) is 4.35. The van der Waals surface area contributed by atoms with Crippen LogP contribution in [0, 0.1) is 13.8 Å². The number of hydrogen-bond donors (Lipinski definition) is 1. The van der Waals surface area contributed by atoms with Crippen LogP contribution in [0.25, 0.3) is 0 Å². The van der Waals surface area contributed by atoms with Gasteiger partial charge in [-0.3, -0.25) is 4.79 Å². The number of para-hydroxylation sites is 1. The molecule has 0 bridgehead atoms. The first-order chi connectivity index (χ1) is 12.0. The summed E-state index contributed by atoms with van der Waals surface area (Å²) >= 11 is 0. The molecule has 4 heteroatoms. The van der Waals surface area contributed by atoms with Crippen LogP contribution >= 0.6 is 0 Å². The highest BCUT2D eigenvalue weighted by molar-refractivity contribution is 5.81. The topological polar surface area (TPSA) is 47.6 Å². The van der Waals surface area contributed by atoms with Gasteiger partial charge in [0.05, 0.1) is 13.2 Å². The summed E-state index contributed by atoms with van der Waals surface area (Å²) in [5, 5.41) is 3.03. The van der Waals surface area contributed by atoms with Crippen LogP contribution < -0.4 is 14.8 Å². The van der Waals surface area contributed by atoms with Gasteiger partial charge < -0.3 is 14.8 Å². The molecule has 2 atom stereocenters.